The summed E-state index contributed by atoms with van der Waals surface area (Å²) in [4.78, 5) is 2.44. The molecule has 0 aromatic heterocycles. The summed E-state index contributed by atoms with van der Waals surface area (Å²) in [6, 6.07) is 2.39. The van der Waals surface area contributed by atoms with E-state index in [1.165, 1.54) is 32.2 Å². The van der Waals surface area contributed by atoms with Gasteiger partial charge in [0, 0.05) is 19.6 Å². The molecule has 0 atom stereocenters. The first-order valence-electron chi connectivity index (χ1n) is 5.35. The summed E-state index contributed by atoms with van der Waals surface area (Å²) >= 11 is 0. The molecule has 72 valence electrons. The van der Waals surface area contributed by atoms with E-state index in [4.69, 9.17) is 5.26 Å². The van der Waals surface area contributed by atoms with E-state index in [0.717, 1.165) is 19.0 Å². The number of hydrogen-bond acceptors (Lipinski definition) is 2. The maximum Gasteiger partial charge on any atom is 0.0799 e. The summed E-state index contributed by atoms with van der Waals surface area (Å²) in [5.41, 5.74) is -0.0292. The molecule has 1 aliphatic heterocycles. The van der Waals surface area contributed by atoms with Crippen molar-refractivity contribution in [1.82, 2.24) is 4.90 Å². The highest BCUT2D eigenvalue weighted by atomic mass is 15.2. The minimum atomic E-state index is -0.0292. The van der Waals surface area contributed by atoms with E-state index in [9.17, 15) is 0 Å². The smallest absolute Gasteiger partial charge is 0.0799 e. The molecular formula is C11H18N2. The summed E-state index contributed by atoms with van der Waals surface area (Å²) in [6.07, 6.45) is 5.68. The fourth-order valence-electron chi connectivity index (χ4n) is 2.70. The van der Waals surface area contributed by atoms with E-state index in [1.807, 2.05) is 0 Å². The number of nitriles is 1. The third kappa shape index (κ3) is 1.86. The molecule has 2 rings (SSSR count). The van der Waals surface area contributed by atoms with Crippen LogP contribution in [0.3, 0.4) is 0 Å². The van der Waals surface area contributed by atoms with Crippen molar-refractivity contribution in [3.05, 3.63) is 0 Å². The van der Waals surface area contributed by atoms with Crippen molar-refractivity contribution in [3.8, 4) is 6.07 Å². The van der Waals surface area contributed by atoms with Crippen LogP contribution >= 0.6 is 0 Å². The maximum atomic E-state index is 8.85. The monoisotopic (exact) mass is 178 g/mol. The Morgan fingerprint density at radius 1 is 1.38 bits per heavy atom. The number of hydrogen-bond donors (Lipinski definition) is 0. The van der Waals surface area contributed by atoms with Crippen molar-refractivity contribution < 1.29 is 0 Å². The number of nitrogens with zero attached hydrogens (tertiary/aromatic N) is 2. The Balaban J connectivity index is 1.72. The predicted octanol–water partition coefficient (Wildman–Crippen LogP) is 2.02. The summed E-state index contributed by atoms with van der Waals surface area (Å²) in [5.74, 6) is 0.934. The molecule has 2 heteroatoms. The summed E-state index contributed by atoms with van der Waals surface area (Å²) < 4.78 is 0. The molecule has 1 saturated carbocycles. The van der Waals surface area contributed by atoms with E-state index < -0.39 is 0 Å². The molecule has 0 unspecified atom stereocenters. The summed E-state index contributed by atoms with van der Waals surface area (Å²) in [6.45, 7) is 5.31. The quantitative estimate of drug-likeness (QED) is 0.647. The lowest BCUT2D eigenvalue weighted by Crippen LogP contribution is -2.54. The Bertz CT molecular complexity index is 217. The zero-order valence-corrected chi connectivity index (χ0v) is 8.42. The minimum Gasteiger partial charge on any atom is -0.300 e. The highest BCUT2D eigenvalue weighted by molar-refractivity contribution is 5.06. The average molecular weight is 178 g/mol. The van der Waals surface area contributed by atoms with E-state index in [2.05, 4.69) is 17.9 Å². The van der Waals surface area contributed by atoms with Gasteiger partial charge < -0.3 is 0 Å². The van der Waals surface area contributed by atoms with Crippen LogP contribution in [-0.2, 0) is 0 Å². The van der Waals surface area contributed by atoms with Gasteiger partial charge in [-0.05, 0) is 25.7 Å². The lowest BCUT2D eigenvalue weighted by atomic mass is 9.83. The van der Waals surface area contributed by atoms with Gasteiger partial charge in [0.2, 0.25) is 0 Å². The van der Waals surface area contributed by atoms with Crippen LogP contribution in [0.4, 0.5) is 0 Å². The van der Waals surface area contributed by atoms with Crippen LogP contribution in [0.1, 0.15) is 32.6 Å². The van der Waals surface area contributed by atoms with Gasteiger partial charge in [-0.1, -0.05) is 12.8 Å². The van der Waals surface area contributed by atoms with Crippen LogP contribution in [0.2, 0.25) is 0 Å². The highest BCUT2D eigenvalue weighted by Crippen LogP contribution is 2.32. The van der Waals surface area contributed by atoms with Crippen molar-refractivity contribution >= 4 is 0 Å². The molecule has 0 N–H and O–H groups in total. The summed E-state index contributed by atoms with van der Waals surface area (Å²) in [7, 11) is 0. The SMILES string of the molecule is CC1(C#N)CN(CC2CCCC2)C1. The second-order valence-electron chi connectivity index (χ2n) is 4.99. The van der Waals surface area contributed by atoms with Crippen LogP contribution in [-0.4, -0.2) is 24.5 Å². The fraction of sp³-hybridized carbons (Fsp3) is 0.909. The van der Waals surface area contributed by atoms with E-state index >= 15 is 0 Å². The molecule has 0 bridgehead atoms. The van der Waals surface area contributed by atoms with Crippen LogP contribution in [0.15, 0.2) is 0 Å². The lowest BCUT2D eigenvalue weighted by Gasteiger charge is -2.44. The van der Waals surface area contributed by atoms with Crippen molar-refractivity contribution in [2.45, 2.75) is 32.6 Å². The van der Waals surface area contributed by atoms with E-state index in [0.29, 0.717) is 0 Å². The van der Waals surface area contributed by atoms with E-state index in [1.54, 1.807) is 0 Å². The van der Waals surface area contributed by atoms with Crippen LogP contribution in [0, 0.1) is 22.7 Å². The Labute approximate surface area is 80.5 Å². The second-order valence-corrected chi connectivity index (χ2v) is 4.99. The zero-order valence-electron chi connectivity index (χ0n) is 8.42. The summed E-state index contributed by atoms with van der Waals surface area (Å²) in [5, 5.41) is 8.85. The lowest BCUT2D eigenvalue weighted by molar-refractivity contribution is 0.0459. The van der Waals surface area contributed by atoms with Gasteiger partial charge in [0.25, 0.3) is 0 Å². The van der Waals surface area contributed by atoms with Gasteiger partial charge in [-0.25, -0.2) is 0 Å². The molecule has 0 radical (unpaired) electrons. The first kappa shape index (κ1) is 9.02. The molecule has 2 aliphatic rings. The van der Waals surface area contributed by atoms with Crippen molar-refractivity contribution in [3.63, 3.8) is 0 Å². The Kier molecular flexibility index (Phi) is 2.29. The largest absolute Gasteiger partial charge is 0.300 e. The Morgan fingerprint density at radius 3 is 2.54 bits per heavy atom. The topological polar surface area (TPSA) is 27.0 Å². The highest BCUT2D eigenvalue weighted by Gasteiger charge is 2.39. The Morgan fingerprint density at radius 2 is 2.00 bits per heavy atom. The molecule has 13 heavy (non-hydrogen) atoms. The predicted molar refractivity (Wildman–Crippen MR) is 52.1 cm³/mol. The van der Waals surface area contributed by atoms with Gasteiger partial charge in [0.15, 0.2) is 0 Å². The minimum absolute atomic E-state index is 0.0292. The molecule has 1 saturated heterocycles. The van der Waals surface area contributed by atoms with Gasteiger partial charge in [0.05, 0.1) is 11.5 Å². The zero-order chi connectivity index (χ0) is 9.31. The van der Waals surface area contributed by atoms with Gasteiger partial charge in [-0.3, -0.25) is 4.90 Å². The van der Waals surface area contributed by atoms with Crippen LogP contribution in [0.25, 0.3) is 0 Å². The molecule has 1 aliphatic carbocycles. The van der Waals surface area contributed by atoms with Gasteiger partial charge >= 0.3 is 0 Å². The van der Waals surface area contributed by atoms with Crippen LogP contribution < -0.4 is 0 Å². The van der Waals surface area contributed by atoms with Gasteiger partial charge in [0.1, 0.15) is 0 Å². The van der Waals surface area contributed by atoms with Gasteiger partial charge in [-0.2, -0.15) is 5.26 Å². The van der Waals surface area contributed by atoms with Gasteiger partial charge in [-0.15, -0.1) is 0 Å². The number of rotatable bonds is 2. The normalized spacial score (nSPS) is 28.3. The maximum absolute atomic E-state index is 8.85. The standard InChI is InChI=1S/C11H18N2/c1-11(7-12)8-13(9-11)6-10-4-2-3-5-10/h10H,2-6,8-9H2,1H3. The molecule has 2 nitrogen and oxygen atoms in total. The molecular weight excluding hydrogens is 160 g/mol. The molecule has 0 aromatic carbocycles. The van der Waals surface area contributed by atoms with Crippen molar-refractivity contribution in [2.24, 2.45) is 11.3 Å². The second kappa shape index (κ2) is 3.31. The first-order chi connectivity index (χ1) is 6.22. The molecule has 1 heterocycles. The molecule has 2 fully saturated rings. The third-order valence-electron chi connectivity index (χ3n) is 3.41. The fourth-order valence-corrected chi connectivity index (χ4v) is 2.70. The van der Waals surface area contributed by atoms with Crippen molar-refractivity contribution in [1.29, 1.82) is 5.26 Å². The molecule has 0 aromatic rings. The number of likely N-dealkylation sites (tertiary alicyclic amines) is 1. The first-order valence-corrected chi connectivity index (χ1v) is 5.35. The van der Waals surface area contributed by atoms with Crippen LogP contribution in [0.5, 0.6) is 0 Å². The average Bonchev–Trinajstić information content (AvgIpc) is 2.54. The molecule has 0 spiro atoms. The van der Waals surface area contributed by atoms with E-state index in [-0.39, 0.29) is 5.41 Å². The molecule has 0 amide bonds. The van der Waals surface area contributed by atoms with Crippen molar-refractivity contribution in [2.75, 3.05) is 19.6 Å². The third-order valence-corrected chi connectivity index (χ3v) is 3.41. The Hall–Kier alpha value is -0.550.